The van der Waals surface area contributed by atoms with Gasteiger partial charge in [0.2, 0.25) is 15.9 Å². The van der Waals surface area contributed by atoms with E-state index in [-0.39, 0.29) is 37.1 Å². The Balaban J connectivity index is 2.32. The number of nitrogens with zero attached hydrogens (tertiary/aromatic N) is 2. The van der Waals surface area contributed by atoms with Crippen molar-refractivity contribution in [3.63, 3.8) is 0 Å². The Kier molecular flexibility index (Phi) is 4.93. The molecule has 1 aliphatic rings. The standard InChI is InChI=1S/C13H14ClF3N2O3S/c1-9(20)18-4-6-19(7-5-18)23(21,22)12-8-10(13(15,16)17)2-3-11(12)14/h2-3,8H,4-7H2,1H3. The van der Waals surface area contributed by atoms with Gasteiger partial charge < -0.3 is 4.90 Å². The van der Waals surface area contributed by atoms with Crippen LogP contribution < -0.4 is 0 Å². The van der Waals surface area contributed by atoms with Crippen LogP contribution in [0.5, 0.6) is 0 Å². The molecule has 128 valence electrons. The van der Waals surface area contributed by atoms with Gasteiger partial charge in [-0.05, 0) is 18.2 Å². The minimum absolute atomic E-state index is 0.00842. The zero-order valence-corrected chi connectivity index (χ0v) is 13.7. The number of sulfonamides is 1. The summed E-state index contributed by atoms with van der Waals surface area (Å²) in [5.74, 6) is -0.181. The molecule has 1 aromatic carbocycles. The number of hydrogen-bond donors (Lipinski definition) is 0. The summed E-state index contributed by atoms with van der Waals surface area (Å²) < 4.78 is 64.4. The van der Waals surface area contributed by atoms with Gasteiger partial charge in [0.25, 0.3) is 0 Å². The molecule has 0 bridgehead atoms. The van der Waals surface area contributed by atoms with E-state index in [9.17, 15) is 26.4 Å². The number of rotatable bonds is 2. The second kappa shape index (κ2) is 6.29. The zero-order valence-electron chi connectivity index (χ0n) is 12.1. The van der Waals surface area contributed by atoms with E-state index < -0.39 is 26.7 Å². The molecule has 0 saturated carbocycles. The molecular formula is C13H14ClF3N2O3S. The summed E-state index contributed by atoms with van der Waals surface area (Å²) in [5, 5.41) is -0.271. The van der Waals surface area contributed by atoms with E-state index in [2.05, 4.69) is 0 Å². The van der Waals surface area contributed by atoms with Crippen molar-refractivity contribution in [2.75, 3.05) is 26.2 Å². The lowest BCUT2D eigenvalue weighted by molar-refractivity contribution is -0.137. The summed E-state index contributed by atoms with van der Waals surface area (Å²) in [5.41, 5.74) is -1.08. The van der Waals surface area contributed by atoms with Crippen molar-refractivity contribution in [3.05, 3.63) is 28.8 Å². The molecule has 0 N–H and O–H groups in total. The van der Waals surface area contributed by atoms with Crippen molar-refractivity contribution < 1.29 is 26.4 Å². The highest BCUT2D eigenvalue weighted by Crippen LogP contribution is 2.34. The van der Waals surface area contributed by atoms with E-state index in [1.165, 1.54) is 11.8 Å². The van der Waals surface area contributed by atoms with Gasteiger partial charge in [0.15, 0.2) is 0 Å². The van der Waals surface area contributed by atoms with E-state index in [0.29, 0.717) is 6.07 Å². The van der Waals surface area contributed by atoms with Crippen molar-refractivity contribution in [3.8, 4) is 0 Å². The molecule has 0 spiro atoms. The van der Waals surface area contributed by atoms with Crippen LogP contribution >= 0.6 is 11.6 Å². The second-order valence-electron chi connectivity index (χ2n) is 5.05. The summed E-state index contributed by atoms with van der Waals surface area (Å²) in [7, 11) is -4.16. The zero-order chi connectivity index (χ0) is 17.4. The third kappa shape index (κ3) is 3.78. The van der Waals surface area contributed by atoms with Crippen LogP contribution in [0.4, 0.5) is 13.2 Å². The summed E-state index contributed by atoms with van der Waals surface area (Å²) in [6.45, 7) is 1.76. The Morgan fingerprint density at radius 1 is 1.17 bits per heavy atom. The first-order valence-corrected chi connectivity index (χ1v) is 8.47. The maximum atomic E-state index is 12.8. The molecule has 1 heterocycles. The summed E-state index contributed by atoms with van der Waals surface area (Å²) >= 11 is 5.79. The summed E-state index contributed by atoms with van der Waals surface area (Å²) in [4.78, 5) is 12.1. The van der Waals surface area contributed by atoms with Crippen LogP contribution in [0.25, 0.3) is 0 Å². The average molecular weight is 371 g/mol. The molecule has 0 aliphatic carbocycles. The topological polar surface area (TPSA) is 57.7 Å². The van der Waals surface area contributed by atoms with Gasteiger partial charge >= 0.3 is 6.18 Å². The van der Waals surface area contributed by atoms with Gasteiger partial charge in [0, 0.05) is 33.1 Å². The van der Waals surface area contributed by atoms with E-state index in [1.54, 1.807) is 0 Å². The fraction of sp³-hybridized carbons (Fsp3) is 0.462. The number of amides is 1. The van der Waals surface area contributed by atoms with E-state index in [1.807, 2.05) is 0 Å². The minimum Gasteiger partial charge on any atom is -0.340 e. The van der Waals surface area contributed by atoms with Gasteiger partial charge in [-0.15, -0.1) is 0 Å². The van der Waals surface area contributed by atoms with Crippen LogP contribution in [0.1, 0.15) is 12.5 Å². The average Bonchev–Trinajstić information content (AvgIpc) is 2.46. The lowest BCUT2D eigenvalue weighted by Crippen LogP contribution is -2.50. The first kappa shape index (κ1) is 18.0. The highest BCUT2D eigenvalue weighted by Gasteiger charge is 2.35. The van der Waals surface area contributed by atoms with Crippen LogP contribution in [-0.4, -0.2) is 49.7 Å². The number of benzene rings is 1. The Labute approximate surface area is 136 Å². The maximum Gasteiger partial charge on any atom is 0.416 e. The number of carbonyl (C=O) groups is 1. The van der Waals surface area contributed by atoms with E-state index >= 15 is 0 Å². The van der Waals surface area contributed by atoms with Gasteiger partial charge in [-0.3, -0.25) is 4.79 Å². The number of carbonyl (C=O) groups excluding carboxylic acids is 1. The highest BCUT2D eigenvalue weighted by atomic mass is 35.5. The van der Waals surface area contributed by atoms with Crippen molar-refractivity contribution in [1.82, 2.24) is 9.21 Å². The second-order valence-corrected chi connectivity index (χ2v) is 7.37. The van der Waals surface area contributed by atoms with Crippen molar-refractivity contribution in [1.29, 1.82) is 0 Å². The molecule has 1 aromatic rings. The largest absolute Gasteiger partial charge is 0.416 e. The molecule has 23 heavy (non-hydrogen) atoms. The Morgan fingerprint density at radius 3 is 2.22 bits per heavy atom. The third-order valence-corrected chi connectivity index (χ3v) is 5.94. The summed E-state index contributed by atoms with van der Waals surface area (Å²) in [6, 6.07) is 2.19. The van der Waals surface area contributed by atoms with Gasteiger partial charge in [-0.25, -0.2) is 8.42 Å². The molecule has 5 nitrogen and oxygen atoms in total. The number of piperazine rings is 1. The first-order valence-electron chi connectivity index (χ1n) is 6.66. The molecule has 0 unspecified atom stereocenters. The highest BCUT2D eigenvalue weighted by molar-refractivity contribution is 7.89. The van der Waals surface area contributed by atoms with Gasteiger partial charge in [0.1, 0.15) is 4.90 Å². The molecule has 0 aromatic heterocycles. The molecule has 0 atom stereocenters. The van der Waals surface area contributed by atoms with Gasteiger partial charge in [-0.1, -0.05) is 11.6 Å². The molecule has 1 amide bonds. The van der Waals surface area contributed by atoms with Crippen molar-refractivity contribution >= 4 is 27.5 Å². The Hall–Kier alpha value is -1.32. The SMILES string of the molecule is CC(=O)N1CCN(S(=O)(=O)c2cc(C(F)(F)F)ccc2Cl)CC1. The monoisotopic (exact) mass is 370 g/mol. The smallest absolute Gasteiger partial charge is 0.340 e. The number of halogens is 4. The molecular weight excluding hydrogens is 357 g/mol. The lowest BCUT2D eigenvalue weighted by atomic mass is 10.2. The Bertz CT molecular complexity index is 714. The number of hydrogen-bond acceptors (Lipinski definition) is 3. The molecule has 1 fully saturated rings. The molecule has 10 heteroatoms. The predicted octanol–water partition coefficient (Wildman–Crippen LogP) is 2.21. The molecule has 1 saturated heterocycles. The fourth-order valence-electron chi connectivity index (χ4n) is 2.26. The molecule has 2 rings (SSSR count). The third-order valence-electron chi connectivity index (χ3n) is 3.56. The fourth-order valence-corrected chi connectivity index (χ4v) is 4.18. The van der Waals surface area contributed by atoms with Crippen LogP contribution in [0, 0.1) is 0 Å². The maximum absolute atomic E-state index is 12.8. The van der Waals surface area contributed by atoms with E-state index in [4.69, 9.17) is 11.6 Å². The van der Waals surface area contributed by atoms with Gasteiger partial charge in [-0.2, -0.15) is 17.5 Å². The minimum atomic E-state index is -4.66. The van der Waals surface area contributed by atoms with Crippen LogP contribution in [0.3, 0.4) is 0 Å². The summed E-state index contributed by atoms with van der Waals surface area (Å²) in [6.07, 6.45) is -4.66. The van der Waals surface area contributed by atoms with Crippen LogP contribution in [0.15, 0.2) is 23.1 Å². The number of alkyl halides is 3. The first-order chi connectivity index (χ1) is 10.5. The Morgan fingerprint density at radius 2 is 1.74 bits per heavy atom. The molecule has 0 radical (unpaired) electrons. The van der Waals surface area contributed by atoms with E-state index in [0.717, 1.165) is 16.4 Å². The van der Waals surface area contributed by atoms with Crippen molar-refractivity contribution in [2.45, 2.75) is 18.0 Å². The normalized spacial score (nSPS) is 17.3. The van der Waals surface area contributed by atoms with Gasteiger partial charge in [0.05, 0.1) is 10.6 Å². The quantitative estimate of drug-likeness (QED) is 0.802. The predicted molar refractivity (Wildman–Crippen MR) is 77.5 cm³/mol. The van der Waals surface area contributed by atoms with Crippen LogP contribution in [0.2, 0.25) is 5.02 Å². The van der Waals surface area contributed by atoms with Crippen LogP contribution in [-0.2, 0) is 21.0 Å². The lowest BCUT2D eigenvalue weighted by Gasteiger charge is -2.33. The van der Waals surface area contributed by atoms with Crippen molar-refractivity contribution in [2.24, 2.45) is 0 Å². The molecule has 1 aliphatic heterocycles.